The third-order valence-electron chi connectivity index (χ3n) is 2.54. The van der Waals surface area contributed by atoms with Crippen molar-refractivity contribution in [2.45, 2.75) is 20.3 Å². The van der Waals surface area contributed by atoms with Crippen LogP contribution in [0.25, 0.3) is 0 Å². The van der Waals surface area contributed by atoms with E-state index in [1.165, 1.54) is 0 Å². The topological polar surface area (TPSA) is 82.7 Å². The van der Waals surface area contributed by atoms with Crippen LogP contribution in [0.1, 0.15) is 18.3 Å². The number of hydrogen-bond donors (Lipinski definition) is 3. The zero-order chi connectivity index (χ0) is 13.8. The highest BCUT2D eigenvalue weighted by Gasteiger charge is 2.07. The van der Waals surface area contributed by atoms with Crippen molar-refractivity contribution in [2.24, 2.45) is 0 Å². The van der Waals surface area contributed by atoms with Gasteiger partial charge >= 0.3 is 6.03 Å². The highest BCUT2D eigenvalue weighted by Crippen LogP contribution is 2.17. The minimum absolute atomic E-state index is 0.393. The number of urea groups is 1. The summed E-state index contributed by atoms with van der Waals surface area (Å²) in [5.74, 6) is 0.473. The molecule has 2 aromatic heterocycles. The fourth-order valence-electron chi connectivity index (χ4n) is 1.46. The van der Waals surface area contributed by atoms with Crippen molar-refractivity contribution in [1.82, 2.24) is 15.2 Å². The molecule has 3 N–H and O–H groups in total. The molecule has 0 atom stereocenters. The first-order valence-electron chi connectivity index (χ1n) is 5.83. The van der Waals surface area contributed by atoms with Crippen LogP contribution in [0, 0.1) is 6.92 Å². The Balaban J connectivity index is 1.98. The molecule has 0 fully saturated rings. The smallest absolute Gasteiger partial charge is 0.306 e. The highest BCUT2D eigenvalue weighted by molar-refractivity contribution is 6.31. The van der Waals surface area contributed by atoms with Gasteiger partial charge in [0.2, 0.25) is 0 Å². The summed E-state index contributed by atoms with van der Waals surface area (Å²) in [6.45, 7) is 3.79. The van der Waals surface area contributed by atoms with Crippen molar-refractivity contribution in [3.05, 3.63) is 34.7 Å². The molecule has 0 aliphatic carbocycles. The molecule has 0 unspecified atom stereocenters. The highest BCUT2D eigenvalue weighted by atomic mass is 35.5. The van der Waals surface area contributed by atoms with Crippen LogP contribution in [0.4, 0.5) is 16.3 Å². The van der Waals surface area contributed by atoms with Crippen LogP contribution in [-0.4, -0.2) is 21.2 Å². The SMILES string of the molecule is CCc1cc(NC(=O)Nc2cnc(C)c(Cl)c2)n[nH]1. The molecule has 0 saturated heterocycles. The number of nitrogens with one attached hydrogen (secondary N) is 3. The molecule has 19 heavy (non-hydrogen) atoms. The second kappa shape index (κ2) is 5.71. The van der Waals surface area contributed by atoms with Crippen LogP contribution in [-0.2, 0) is 6.42 Å². The van der Waals surface area contributed by atoms with Gasteiger partial charge in [0, 0.05) is 11.8 Å². The van der Waals surface area contributed by atoms with E-state index < -0.39 is 6.03 Å². The summed E-state index contributed by atoms with van der Waals surface area (Å²) in [6.07, 6.45) is 2.37. The molecular formula is C12H14ClN5O. The first-order valence-corrected chi connectivity index (χ1v) is 6.20. The van der Waals surface area contributed by atoms with Gasteiger partial charge in [-0.25, -0.2) is 4.79 Å². The van der Waals surface area contributed by atoms with E-state index in [9.17, 15) is 4.79 Å². The molecule has 0 aliphatic rings. The number of rotatable bonds is 3. The van der Waals surface area contributed by atoms with Crippen molar-refractivity contribution >= 4 is 29.1 Å². The van der Waals surface area contributed by atoms with Crippen LogP contribution in [0.15, 0.2) is 18.3 Å². The van der Waals surface area contributed by atoms with Gasteiger partial charge in [-0.1, -0.05) is 18.5 Å². The number of amides is 2. The number of aromatic nitrogens is 3. The average molecular weight is 280 g/mol. The van der Waals surface area contributed by atoms with E-state index in [1.54, 1.807) is 25.3 Å². The molecule has 2 aromatic rings. The van der Waals surface area contributed by atoms with E-state index in [-0.39, 0.29) is 0 Å². The summed E-state index contributed by atoms with van der Waals surface area (Å²) in [5, 5.41) is 12.5. The van der Waals surface area contributed by atoms with Crippen molar-refractivity contribution in [3.8, 4) is 0 Å². The van der Waals surface area contributed by atoms with Gasteiger partial charge < -0.3 is 5.32 Å². The molecule has 0 spiro atoms. The maximum absolute atomic E-state index is 11.7. The maximum Gasteiger partial charge on any atom is 0.324 e. The molecule has 0 saturated carbocycles. The Labute approximate surface area is 115 Å². The summed E-state index contributed by atoms with van der Waals surface area (Å²) in [4.78, 5) is 15.8. The van der Waals surface area contributed by atoms with Gasteiger partial charge in [-0.2, -0.15) is 5.10 Å². The Morgan fingerprint density at radius 3 is 2.84 bits per heavy atom. The van der Waals surface area contributed by atoms with Crippen LogP contribution in [0.2, 0.25) is 5.02 Å². The van der Waals surface area contributed by atoms with Gasteiger partial charge in [-0.15, -0.1) is 0 Å². The number of aryl methyl sites for hydroxylation is 2. The van der Waals surface area contributed by atoms with Crippen LogP contribution in [0.5, 0.6) is 0 Å². The minimum atomic E-state index is -0.393. The Kier molecular flexibility index (Phi) is 4.01. The Bertz CT molecular complexity index is 596. The number of aromatic amines is 1. The Morgan fingerprint density at radius 2 is 2.21 bits per heavy atom. The molecule has 100 valence electrons. The van der Waals surface area contributed by atoms with Crippen LogP contribution < -0.4 is 10.6 Å². The third-order valence-corrected chi connectivity index (χ3v) is 2.92. The van der Waals surface area contributed by atoms with Crippen molar-refractivity contribution in [1.29, 1.82) is 0 Å². The normalized spacial score (nSPS) is 10.3. The number of carbonyl (C=O) groups is 1. The van der Waals surface area contributed by atoms with Gasteiger partial charge in [0.25, 0.3) is 0 Å². The first kappa shape index (κ1) is 13.4. The number of hydrogen-bond acceptors (Lipinski definition) is 3. The lowest BCUT2D eigenvalue weighted by atomic mass is 10.3. The quantitative estimate of drug-likeness (QED) is 0.808. The number of nitrogens with zero attached hydrogens (tertiary/aromatic N) is 2. The molecule has 2 rings (SSSR count). The van der Waals surface area contributed by atoms with Gasteiger partial charge in [0.05, 0.1) is 22.6 Å². The molecule has 2 heterocycles. The van der Waals surface area contributed by atoms with Gasteiger partial charge in [-0.3, -0.25) is 15.4 Å². The second-order valence-corrected chi connectivity index (χ2v) is 4.41. The van der Waals surface area contributed by atoms with Crippen molar-refractivity contribution in [3.63, 3.8) is 0 Å². The van der Waals surface area contributed by atoms with Gasteiger partial charge in [0.15, 0.2) is 5.82 Å². The number of halogens is 1. The summed E-state index contributed by atoms with van der Waals surface area (Å²) < 4.78 is 0. The Hall–Kier alpha value is -2.08. The number of H-pyrrole nitrogens is 1. The summed E-state index contributed by atoms with van der Waals surface area (Å²) in [7, 11) is 0. The Morgan fingerprint density at radius 1 is 1.42 bits per heavy atom. The first-order chi connectivity index (χ1) is 9.08. The number of carbonyl (C=O) groups excluding carboxylic acids is 1. The monoisotopic (exact) mass is 279 g/mol. The van der Waals surface area contributed by atoms with E-state index in [0.717, 1.165) is 12.1 Å². The van der Waals surface area contributed by atoms with E-state index in [2.05, 4.69) is 25.8 Å². The molecule has 6 nitrogen and oxygen atoms in total. The lowest BCUT2D eigenvalue weighted by Gasteiger charge is -2.06. The lowest BCUT2D eigenvalue weighted by Crippen LogP contribution is -2.19. The third kappa shape index (κ3) is 3.45. The van der Waals surface area contributed by atoms with Crippen LogP contribution >= 0.6 is 11.6 Å². The maximum atomic E-state index is 11.7. The van der Waals surface area contributed by atoms with Gasteiger partial charge in [0.1, 0.15) is 0 Å². The molecule has 0 bridgehead atoms. The molecule has 0 aliphatic heterocycles. The largest absolute Gasteiger partial charge is 0.324 e. The molecular weight excluding hydrogens is 266 g/mol. The van der Waals surface area contributed by atoms with E-state index in [0.29, 0.717) is 22.2 Å². The lowest BCUT2D eigenvalue weighted by molar-refractivity contribution is 0.262. The van der Waals surface area contributed by atoms with E-state index in [1.807, 2.05) is 6.92 Å². The van der Waals surface area contributed by atoms with E-state index >= 15 is 0 Å². The fourth-order valence-corrected chi connectivity index (χ4v) is 1.63. The van der Waals surface area contributed by atoms with Crippen LogP contribution in [0.3, 0.4) is 0 Å². The zero-order valence-electron chi connectivity index (χ0n) is 10.6. The van der Waals surface area contributed by atoms with Crippen molar-refractivity contribution in [2.75, 3.05) is 10.6 Å². The summed E-state index contributed by atoms with van der Waals surface area (Å²) >= 11 is 5.93. The summed E-state index contributed by atoms with van der Waals surface area (Å²) in [6, 6.07) is 3.03. The molecule has 7 heteroatoms. The molecule has 2 amide bonds. The molecule has 0 radical (unpaired) electrons. The average Bonchev–Trinajstić information content (AvgIpc) is 2.81. The standard InChI is InChI=1S/C12H14ClN5O/c1-3-8-5-11(18-17-8)16-12(19)15-9-4-10(13)7(2)14-6-9/h4-6H,3H2,1-2H3,(H3,15,16,17,18,19). The van der Waals surface area contributed by atoms with E-state index in [4.69, 9.17) is 11.6 Å². The molecule has 0 aromatic carbocycles. The predicted molar refractivity (Wildman–Crippen MR) is 74.6 cm³/mol. The van der Waals surface area contributed by atoms with Gasteiger partial charge in [-0.05, 0) is 19.4 Å². The zero-order valence-corrected chi connectivity index (χ0v) is 11.4. The minimum Gasteiger partial charge on any atom is -0.306 e. The predicted octanol–water partition coefficient (Wildman–Crippen LogP) is 2.97. The number of anilines is 2. The van der Waals surface area contributed by atoms with Crippen molar-refractivity contribution < 1.29 is 4.79 Å². The summed E-state index contributed by atoms with van der Waals surface area (Å²) in [5.41, 5.74) is 2.20. The second-order valence-electron chi connectivity index (χ2n) is 4.00. The number of pyridine rings is 1. The fraction of sp³-hybridized carbons (Fsp3) is 0.250.